The number of benzene rings is 1. The van der Waals surface area contributed by atoms with Crippen LogP contribution in [0.3, 0.4) is 0 Å². The Morgan fingerprint density at radius 1 is 1.36 bits per heavy atom. The second kappa shape index (κ2) is 5.57. The van der Waals surface area contributed by atoms with E-state index in [1.807, 2.05) is 24.8 Å². The molecule has 1 aromatic rings. The summed E-state index contributed by atoms with van der Waals surface area (Å²) >= 11 is 0. The van der Waals surface area contributed by atoms with Crippen LogP contribution in [0.4, 0.5) is 11.4 Å². The first-order valence-corrected chi connectivity index (χ1v) is 9.46. The van der Waals surface area contributed by atoms with Crippen molar-refractivity contribution in [2.75, 3.05) is 21.9 Å². The maximum absolute atomic E-state index is 12.3. The molecule has 0 aromatic heterocycles. The monoisotopic (exact) mass is 322 g/mol. The normalized spacial score (nSPS) is 17.7. The number of sulfonamides is 1. The van der Waals surface area contributed by atoms with Crippen molar-refractivity contribution in [2.24, 2.45) is 11.8 Å². The zero-order valence-electron chi connectivity index (χ0n) is 13.0. The van der Waals surface area contributed by atoms with Gasteiger partial charge < -0.3 is 4.90 Å². The van der Waals surface area contributed by atoms with Crippen molar-refractivity contribution in [3.8, 4) is 0 Å². The second-order valence-electron chi connectivity index (χ2n) is 6.63. The van der Waals surface area contributed by atoms with E-state index in [0.717, 1.165) is 30.5 Å². The second-order valence-corrected chi connectivity index (χ2v) is 8.40. The van der Waals surface area contributed by atoms with Gasteiger partial charge in [0.05, 0.1) is 11.4 Å². The van der Waals surface area contributed by atoms with Crippen LogP contribution in [0.15, 0.2) is 18.2 Å². The van der Waals surface area contributed by atoms with Crippen LogP contribution in [0.2, 0.25) is 0 Å². The lowest BCUT2D eigenvalue weighted by Gasteiger charge is -2.18. The Morgan fingerprint density at radius 3 is 2.73 bits per heavy atom. The van der Waals surface area contributed by atoms with Crippen LogP contribution in [0, 0.1) is 11.8 Å². The zero-order valence-corrected chi connectivity index (χ0v) is 13.8. The van der Waals surface area contributed by atoms with Crippen LogP contribution in [-0.2, 0) is 21.2 Å². The Hall–Kier alpha value is -1.56. The average molecular weight is 322 g/mol. The van der Waals surface area contributed by atoms with E-state index in [4.69, 9.17) is 0 Å². The van der Waals surface area contributed by atoms with E-state index >= 15 is 0 Å². The number of carbonyl (C=O) groups is 1. The fourth-order valence-electron chi connectivity index (χ4n) is 2.88. The molecule has 0 unspecified atom stereocenters. The Balaban J connectivity index is 1.81. The van der Waals surface area contributed by atoms with Crippen molar-refractivity contribution < 1.29 is 13.2 Å². The maximum Gasteiger partial charge on any atom is 0.232 e. The minimum Gasteiger partial charge on any atom is -0.312 e. The minimum absolute atomic E-state index is 0.0693. The van der Waals surface area contributed by atoms with Crippen molar-refractivity contribution >= 4 is 27.3 Å². The molecule has 1 saturated carbocycles. The largest absolute Gasteiger partial charge is 0.312 e. The van der Waals surface area contributed by atoms with Gasteiger partial charge in [-0.3, -0.25) is 9.52 Å². The van der Waals surface area contributed by atoms with E-state index in [9.17, 15) is 13.2 Å². The molecule has 0 radical (unpaired) electrons. The first-order chi connectivity index (χ1) is 10.4. The molecule has 120 valence electrons. The average Bonchev–Trinajstić information content (AvgIpc) is 3.16. The van der Waals surface area contributed by atoms with E-state index in [1.54, 1.807) is 12.1 Å². The van der Waals surface area contributed by atoms with Crippen molar-refractivity contribution in [1.82, 2.24) is 0 Å². The summed E-state index contributed by atoms with van der Waals surface area (Å²) in [6.45, 7) is 4.45. The van der Waals surface area contributed by atoms with Crippen LogP contribution < -0.4 is 9.62 Å². The molecule has 0 bridgehead atoms. The van der Waals surface area contributed by atoms with Crippen molar-refractivity contribution in [1.29, 1.82) is 0 Å². The van der Waals surface area contributed by atoms with Crippen LogP contribution in [-0.4, -0.2) is 26.6 Å². The predicted molar refractivity (Wildman–Crippen MR) is 87.5 cm³/mol. The quantitative estimate of drug-likeness (QED) is 0.905. The number of anilines is 2. The smallest absolute Gasteiger partial charge is 0.232 e. The van der Waals surface area contributed by atoms with Gasteiger partial charge in [-0.15, -0.1) is 0 Å². The summed E-state index contributed by atoms with van der Waals surface area (Å²) in [4.78, 5) is 14.1. The van der Waals surface area contributed by atoms with Crippen LogP contribution in [0.1, 0.15) is 32.3 Å². The third-order valence-electron chi connectivity index (χ3n) is 4.00. The third-order valence-corrected chi connectivity index (χ3v) is 5.65. The molecule has 0 spiro atoms. The Kier molecular flexibility index (Phi) is 3.89. The number of hydrogen-bond donors (Lipinski definition) is 1. The van der Waals surface area contributed by atoms with E-state index in [0.29, 0.717) is 12.2 Å². The molecule has 22 heavy (non-hydrogen) atoms. The van der Waals surface area contributed by atoms with Crippen molar-refractivity contribution in [3.63, 3.8) is 0 Å². The van der Waals surface area contributed by atoms with Gasteiger partial charge in [-0.1, -0.05) is 19.9 Å². The lowest BCUT2D eigenvalue weighted by atomic mass is 10.1. The molecule has 3 rings (SSSR count). The molecule has 1 N–H and O–H groups in total. The lowest BCUT2D eigenvalue weighted by molar-refractivity contribution is -0.119. The Morgan fingerprint density at radius 2 is 2.09 bits per heavy atom. The third kappa shape index (κ3) is 3.27. The molecule has 0 saturated heterocycles. The fourth-order valence-corrected chi connectivity index (χ4v) is 4.33. The highest BCUT2D eigenvalue weighted by molar-refractivity contribution is 7.92. The number of fused-ring (bicyclic) bond motifs is 1. The summed E-state index contributed by atoms with van der Waals surface area (Å²) in [5.74, 6) is 0.516. The molecular formula is C16H22N2O3S. The molecule has 1 heterocycles. The summed E-state index contributed by atoms with van der Waals surface area (Å²) in [6, 6.07) is 5.49. The predicted octanol–water partition coefficient (Wildman–Crippen LogP) is 2.38. The number of rotatable bonds is 5. The Labute approximate surface area is 131 Å². The summed E-state index contributed by atoms with van der Waals surface area (Å²) in [5.41, 5.74) is 2.51. The first-order valence-electron chi connectivity index (χ1n) is 7.80. The highest BCUT2D eigenvalue weighted by Gasteiger charge is 2.36. The molecule has 0 atom stereocenters. The summed E-state index contributed by atoms with van der Waals surface area (Å²) < 4.78 is 26.7. The molecule has 2 aliphatic rings. The summed E-state index contributed by atoms with van der Waals surface area (Å²) in [6.07, 6.45) is 2.80. The molecule has 5 nitrogen and oxygen atoms in total. The van der Waals surface area contributed by atoms with Crippen LogP contribution in [0.25, 0.3) is 0 Å². The SMILES string of the molecule is CC(C)CS(=O)(=O)Nc1ccc2c(c1)N(C(=O)C1CC1)CC2. The number of amides is 1. The number of hydrogen-bond acceptors (Lipinski definition) is 3. The molecule has 6 heteroatoms. The van der Waals surface area contributed by atoms with E-state index < -0.39 is 10.0 Å². The first kappa shape index (κ1) is 15.3. The van der Waals surface area contributed by atoms with E-state index in [1.165, 1.54) is 0 Å². The van der Waals surface area contributed by atoms with Gasteiger partial charge in [0, 0.05) is 18.2 Å². The van der Waals surface area contributed by atoms with Crippen LogP contribution >= 0.6 is 0 Å². The Bertz CT molecular complexity index is 693. The zero-order chi connectivity index (χ0) is 15.9. The van der Waals surface area contributed by atoms with Gasteiger partial charge in [-0.25, -0.2) is 8.42 Å². The van der Waals surface area contributed by atoms with Gasteiger partial charge in [0.1, 0.15) is 0 Å². The molecule has 1 amide bonds. The maximum atomic E-state index is 12.3. The number of nitrogens with zero attached hydrogens (tertiary/aromatic N) is 1. The highest BCUT2D eigenvalue weighted by atomic mass is 32.2. The highest BCUT2D eigenvalue weighted by Crippen LogP contribution is 2.37. The molecule has 1 aliphatic carbocycles. The van der Waals surface area contributed by atoms with Gasteiger partial charge in [0.25, 0.3) is 0 Å². The molecule has 1 fully saturated rings. The van der Waals surface area contributed by atoms with Gasteiger partial charge in [0.2, 0.25) is 15.9 Å². The topological polar surface area (TPSA) is 66.5 Å². The number of nitrogens with one attached hydrogen (secondary N) is 1. The van der Waals surface area contributed by atoms with Crippen molar-refractivity contribution in [3.05, 3.63) is 23.8 Å². The van der Waals surface area contributed by atoms with E-state index in [-0.39, 0.29) is 23.5 Å². The molecular weight excluding hydrogens is 300 g/mol. The fraction of sp³-hybridized carbons (Fsp3) is 0.562. The molecule has 1 aromatic carbocycles. The van der Waals surface area contributed by atoms with Gasteiger partial charge >= 0.3 is 0 Å². The van der Waals surface area contributed by atoms with Crippen molar-refractivity contribution in [2.45, 2.75) is 33.1 Å². The van der Waals surface area contributed by atoms with Gasteiger partial charge in [0.15, 0.2) is 0 Å². The van der Waals surface area contributed by atoms with Gasteiger partial charge in [-0.05, 0) is 42.9 Å². The standard InChI is InChI=1S/C16H22N2O3S/c1-11(2)10-22(20,21)17-14-6-5-12-7-8-18(15(12)9-14)16(19)13-3-4-13/h5-6,9,11,13,17H,3-4,7-8,10H2,1-2H3. The summed E-state index contributed by atoms with van der Waals surface area (Å²) in [5, 5.41) is 0. The summed E-state index contributed by atoms with van der Waals surface area (Å²) in [7, 11) is -3.35. The number of carbonyl (C=O) groups excluding carboxylic acids is 1. The van der Waals surface area contributed by atoms with Crippen LogP contribution in [0.5, 0.6) is 0 Å². The minimum atomic E-state index is -3.35. The van der Waals surface area contributed by atoms with E-state index in [2.05, 4.69) is 4.72 Å². The molecule has 1 aliphatic heterocycles. The van der Waals surface area contributed by atoms with Gasteiger partial charge in [-0.2, -0.15) is 0 Å². The lowest BCUT2D eigenvalue weighted by Crippen LogP contribution is -2.30.